The summed E-state index contributed by atoms with van der Waals surface area (Å²) in [5.41, 5.74) is 5.60. The first-order valence-corrected chi connectivity index (χ1v) is 10.6. The van der Waals surface area contributed by atoms with Gasteiger partial charge < -0.3 is 10.1 Å². The Morgan fingerprint density at radius 1 is 1.03 bits per heavy atom. The fraction of sp³-hybridized carbons (Fsp3) is 0.259. The monoisotopic (exact) mass is 412 g/mol. The summed E-state index contributed by atoms with van der Waals surface area (Å²) < 4.78 is 5.80. The van der Waals surface area contributed by atoms with Crippen LogP contribution in [-0.4, -0.2) is 5.91 Å². The van der Waals surface area contributed by atoms with Crippen LogP contribution in [0.3, 0.4) is 0 Å². The van der Waals surface area contributed by atoms with Gasteiger partial charge in [-0.1, -0.05) is 60.9 Å². The van der Waals surface area contributed by atoms with Crippen LogP contribution < -0.4 is 10.1 Å². The number of hydrogen-bond acceptors (Lipinski definition) is 3. The molecule has 0 radical (unpaired) electrons. The molecule has 0 heterocycles. The molecule has 3 rings (SSSR count). The van der Waals surface area contributed by atoms with Crippen LogP contribution in [0.1, 0.15) is 64.0 Å². The number of aryl methyl sites for hydroxylation is 2. The van der Waals surface area contributed by atoms with Crippen LogP contribution >= 0.6 is 0 Å². The fourth-order valence-corrected chi connectivity index (χ4v) is 3.69. The van der Waals surface area contributed by atoms with E-state index in [1.54, 1.807) is 18.2 Å². The van der Waals surface area contributed by atoms with Gasteiger partial charge in [0.05, 0.1) is 17.7 Å². The summed E-state index contributed by atoms with van der Waals surface area (Å²) in [6, 6.07) is 23.0. The number of carbonyl (C=O) groups is 1. The number of amides is 1. The summed E-state index contributed by atoms with van der Waals surface area (Å²) >= 11 is 0. The molecule has 1 N–H and O–H groups in total. The number of rotatable bonds is 8. The van der Waals surface area contributed by atoms with Crippen LogP contribution in [0.4, 0.5) is 0 Å². The van der Waals surface area contributed by atoms with E-state index in [1.807, 2.05) is 30.3 Å². The summed E-state index contributed by atoms with van der Waals surface area (Å²) in [7, 11) is 0. The maximum Gasteiger partial charge on any atom is 0.251 e. The zero-order valence-electron chi connectivity index (χ0n) is 18.3. The summed E-state index contributed by atoms with van der Waals surface area (Å²) in [4.78, 5) is 13.0. The molecular formula is C27H28N2O2. The van der Waals surface area contributed by atoms with Gasteiger partial charge in [-0.05, 0) is 61.7 Å². The van der Waals surface area contributed by atoms with Crippen LogP contribution in [0.15, 0.2) is 66.7 Å². The van der Waals surface area contributed by atoms with Gasteiger partial charge in [-0.15, -0.1) is 0 Å². The van der Waals surface area contributed by atoms with Gasteiger partial charge in [0.25, 0.3) is 5.91 Å². The lowest BCUT2D eigenvalue weighted by Crippen LogP contribution is -2.28. The Hall–Kier alpha value is -3.58. The molecule has 0 bridgehead atoms. The lowest BCUT2D eigenvalue weighted by atomic mass is 9.97. The first-order chi connectivity index (χ1) is 15.0. The first kappa shape index (κ1) is 22.1. The van der Waals surface area contributed by atoms with Crippen LogP contribution in [-0.2, 0) is 6.61 Å². The maximum atomic E-state index is 13.0. The van der Waals surface area contributed by atoms with Gasteiger partial charge in [0, 0.05) is 5.56 Å². The zero-order chi connectivity index (χ0) is 22.2. The fourth-order valence-electron chi connectivity index (χ4n) is 3.69. The minimum Gasteiger partial charge on any atom is -0.489 e. The molecule has 0 aliphatic carbocycles. The third-order valence-corrected chi connectivity index (χ3v) is 5.09. The van der Waals surface area contributed by atoms with Gasteiger partial charge >= 0.3 is 0 Å². The van der Waals surface area contributed by atoms with E-state index < -0.39 is 0 Å². The Morgan fingerprint density at radius 2 is 1.77 bits per heavy atom. The Balaban J connectivity index is 1.71. The van der Waals surface area contributed by atoms with Gasteiger partial charge in [-0.25, -0.2) is 0 Å². The van der Waals surface area contributed by atoms with E-state index in [2.05, 4.69) is 50.4 Å². The normalized spacial score (nSPS) is 11.4. The SMILES string of the molecule is CCCC(NC(=O)c1cccc(COc2cccc(C#N)c2)c1)c1cc(C)cc(C)c1. The average molecular weight is 413 g/mol. The lowest BCUT2D eigenvalue weighted by Gasteiger charge is -2.20. The Labute approximate surface area is 184 Å². The van der Waals surface area contributed by atoms with Gasteiger partial charge in [0.15, 0.2) is 0 Å². The minimum atomic E-state index is -0.0917. The first-order valence-electron chi connectivity index (χ1n) is 10.6. The smallest absolute Gasteiger partial charge is 0.251 e. The van der Waals surface area contributed by atoms with Crippen LogP contribution in [0.5, 0.6) is 5.75 Å². The molecule has 0 aliphatic rings. The van der Waals surface area contributed by atoms with Crippen molar-refractivity contribution in [3.8, 4) is 11.8 Å². The number of nitrogens with one attached hydrogen (secondary N) is 1. The highest BCUT2D eigenvalue weighted by Gasteiger charge is 2.16. The molecule has 4 nitrogen and oxygen atoms in total. The van der Waals surface area contributed by atoms with Crippen LogP contribution in [0.25, 0.3) is 0 Å². The van der Waals surface area contributed by atoms with Crippen molar-refractivity contribution in [2.45, 2.75) is 46.3 Å². The van der Waals surface area contributed by atoms with Crippen molar-refractivity contribution in [1.29, 1.82) is 5.26 Å². The van der Waals surface area contributed by atoms with Gasteiger partial charge in [-0.3, -0.25) is 4.79 Å². The Morgan fingerprint density at radius 3 is 2.48 bits per heavy atom. The minimum absolute atomic E-state index is 0.0234. The molecule has 0 aromatic heterocycles. The van der Waals surface area contributed by atoms with Crippen LogP contribution in [0, 0.1) is 25.2 Å². The zero-order valence-corrected chi connectivity index (χ0v) is 18.3. The third kappa shape index (κ3) is 6.20. The molecule has 4 heteroatoms. The van der Waals surface area contributed by atoms with E-state index >= 15 is 0 Å². The van der Waals surface area contributed by atoms with Crippen molar-refractivity contribution < 1.29 is 9.53 Å². The standard InChI is InChI=1S/C27H28N2O2/c1-4-7-26(24-13-19(2)12-20(3)14-24)29-27(30)23-10-5-9-22(15-23)18-31-25-11-6-8-21(16-25)17-28/h5-6,8-16,26H,4,7,18H2,1-3H3,(H,29,30). The van der Waals surface area contributed by atoms with E-state index in [-0.39, 0.29) is 11.9 Å². The molecule has 0 saturated carbocycles. The Bertz CT molecular complexity index is 1080. The van der Waals surface area contributed by atoms with Crippen LogP contribution in [0.2, 0.25) is 0 Å². The van der Waals surface area contributed by atoms with Gasteiger partial charge in [0.2, 0.25) is 0 Å². The molecule has 0 saturated heterocycles. The summed E-state index contributed by atoms with van der Waals surface area (Å²) in [5, 5.41) is 12.2. The molecule has 1 atom stereocenters. The molecule has 0 spiro atoms. The number of benzene rings is 3. The maximum absolute atomic E-state index is 13.0. The average Bonchev–Trinajstić information content (AvgIpc) is 2.77. The van der Waals surface area contributed by atoms with E-state index in [0.29, 0.717) is 23.5 Å². The van der Waals surface area contributed by atoms with E-state index in [4.69, 9.17) is 10.00 Å². The second-order valence-electron chi connectivity index (χ2n) is 7.86. The second kappa shape index (κ2) is 10.4. The van der Waals surface area contributed by atoms with Crippen molar-refractivity contribution >= 4 is 5.91 Å². The third-order valence-electron chi connectivity index (χ3n) is 5.09. The van der Waals surface area contributed by atoms with Gasteiger partial charge in [-0.2, -0.15) is 5.26 Å². The molecule has 0 aliphatic heterocycles. The summed E-state index contributed by atoms with van der Waals surface area (Å²) in [6.45, 7) is 6.61. The number of hydrogen-bond donors (Lipinski definition) is 1. The van der Waals surface area contributed by atoms with Crippen molar-refractivity contribution in [3.63, 3.8) is 0 Å². The quantitative estimate of drug-likeness (QED) is 0.492. The molecule has 1 amide bonds. The highest BCUT2D eigenvalue weighted by atomic mass is 16.5. The largest absolute Gasteiger partial charge is 0.489 e. The second-order valence-corrected chi connectivity index (χ2v) is 7.86. The highest BCUT2D eigenvalue weighted by molar-refractivity contribution is 5.94. The molecular weight excluding hydrogens is 384 g/mol. The number of nitrogens with zero attached hydrogens (tertiary/aromatic N) is 1. The molecule has 3 aromatic rings. The van der Waals surface area contributed by atoms with E-state index in [1.165, 1.54) is 11.1 Å². The lowest BCUT2D eigenvalue weighted by molar-refractivity contribution is 0.0934. The number of nitriles is 1. The molecule has 158 valence electrons. The molecule has 0 fully saturated rings. The van der Waals surface area contributed by atoms with Crippen molar-refractivity contribution in [1.82, 2.24) is 5.32 Å². The van der Waals surface area contributed by atoms with E-state index in [9.17, 15) is 4.79 Å². The molecule has 31 heavy (non-hydrogen) atoms. The number of carbonyl (C=O) groups excluding carboxylic acids is 1. The predicted octanol–water partition coefficient (Wildman–Crippen LogP) is 6.03. The number of ether oxygens (including phenoxy) is 1. The summed E-state index contributed by atoms with van der Waals surface area (Å²) in [5.74, 6) is 0.540. The van der Waals surface area contributed by atoms with Crippen molar-refractivity contribution in [2.24, 2.45) is 0 Å². The predicted molar refractivity (Wildman–Crippen MR) is 123 cm³/mol. The Kier molecular flexibility index (Phi) is 7.45. The molecule has 3 aromatic carbocycles. The topological polar surface area (TPSA) is 62.1 Å². The highest BCUT2D eigenvalue weighted by Crippen LogP contribution is 2.22. The van der Waals surface area contributed by atoms with E-state index in [0.717, 1.165) is 24.0 Å². The van der Waals surface area contributed by atoms with Gasteiger partial charge in [0.1, 0.15) is 12.4 Å². The van der Waals surface area contributed by atoms with Crippen molar-refractivity contribution in [2.75, 3.05) is 0 Å². The molecule has 1 unspecified atom stereocenters. The summed E-state index contributed by atoms with van der Waals surface area (Å²) in [6.07, 6.45) is 1.86. The van der Waals surface area contributed by atoms with Crippen molar-refractivity contribution in [3.05, 3.63) is 100 Å².